The van der Waals surface area contributed by atoms with Crippen molar-refractivity contribution in [1.29, 1.82) is 0 Å². The minimum absolute atomic E-state index is 0.0527. The van der Waals surface area contributed by atoms with Crippen LogP contribution in [0.4, 0.5) is 17.1 Å². The van der Waals surface area contributed by atoms with Crippen molar-refractivity contribution in [3.8, 4) is 61.7 Å². The first kappa shape index (κ1) is 68.0. The van der Waals surface area contributed by atoms with E-state index < -0.39 is 16.1 Å². The third kappa shape index (κ3) is 11.5. The number of aromatic nitrogens is 1. The van der Waals surface area contributed by atoms with Crippen LogP contribution in [0.25, 0.3) is 72.0 Å². The van der Waals surface area contributed by atoms with Gasteiger partial charge in [0.1, 0.15) is 11.5 Å². The first-order valence-corrected chi connectivity index (χ1v) is 42.6. The number of hydrogen-bond acceptors (Lipinski definition) is 2. The van der Waals surface area contributed by atoms with Gasteiger partial charge in [0.15, 0.2) is 16.1 Å². The van der Waals surface area contributed by atoms with Crippen molar-refractivity contribution in [3.05, 3.63) is 405 Å². The summed E-state index contributed by atoms with van der Waals surface area (Å²) >= 11 is 0. The summed E-state index contributed by atoms with van der Waals surface area (Å²) in [6, 6.07) is 150. The number of rotatable bonds is 14. The van der Waals surface area contributed by atoms with Crippen molar-refractivity contribution in [2.24, 2.45) is 0 Å². The molecule has 526 valence electrons. The van der Waals surface area contributed by atoms with Crippen molar-refractivity contribution in [1.82, 2.24) is 4.57 Å². The van der Waals surface area contributed by atoms with Crippen LogP contribution in [0.15, 0.2) is 394 Å². The smallest absolute Gasteiger partial charge is 0.256 e. The van der Waals surface area contributed by atoms with Crippen LogP contribution in [0.3, 0.4) is 0 Å². The van der Waals surface area contributed by atoms with Gasteiger partial charge in [0, 0.05) is 39.6 Å². The largest absolute Gasteiger partial charge is 0.458 e. The molecule has 110 heavy (non-hydrogen) atoms. The summed E-state index contributed by atoms with van der Waals surface area (Å²) in [4.78, 5) is 2.67. The average molecular weight is 1440 g/mol. The average Bonchev–Trinajstić information content (AvgIpc) is 0.772. The Hall–Kier alpha value is -12.6. The van der Waals surface area contributed by atoms with E-state index in [9.17, 15) is 0 Å². The molecule has 2 aliphatic heterocycles. The summed E-state index contributed by atoms with van der Waals surface area (Å²) in [7, 11) is -6.81. The highest BCUT2D eigenvalue weighted by Crippen LogP contribution is 2.45. The number of fused-ring (bicyclic) bond motifs is 7. The standard InChI is InChI=1S/C104H83BN2OSi2/c1-103(2,3)80-53-59-96-92(66-80)93-67-81(104(4,5)6)54-60-97(93)106(96)82-55-57-95-100(68-82)108-101-71-91(110(86-47-27-13-28-48-86,87-49-29-14-30-50-87)89-52-32-42-77(65-89)73-35-17-8-18-36-73)70-99-102(101)105(95)94-58-56-90(69-98(94)107(99)83-62-78(74-37-19-9-20-38-74)61-79(63-83)75-39-21-10-22-40-75)109(84-43-23-11-24-44-84,85-45-25-12-26-46-85)88-51-31-41-76(64-88)72-33-15-7-16-34-72/h7-71H,1-6H3. The van der Waals surface area contributed by atoms with E-state index in [1.807, 2.05) is 0 Å². The first-order valence-electron chi connectivity index (χ1n) is 38.6. The van der Waals surface area contributed by atoms with Gasteiger partial charge in [-0.05, 0) is 191 Å². The molecule has 3 heterocycles. The van der Waals surface area contributed by atoms with Crippen LogP contribution in [-0.4, -0.2) is 27.4 Å². The van der Waals surface area contributed by atoms with Crippen molar-refractivity contribution >= 4 is 120 Å². The summed E-state index contributed by atoms with van der Waals surface area (Å²) in [5.74, 6) is 1.68. The van der Waals surface area contributed by atoms with Crippen LogP contribution in [0.2, 0.25) is 0 Å². The monoisotopic (exact) mass is 1440 g/mol. The molecule has 1 aromatic heterocycles. The van der Waals surface area contributed by atoms with E-state index in [2.05, 4.69) is 445 Å². The van der Waals surface area contributed by atoms with E-state index >= 15 is 0 Å². The van der Waals surface area contributed by atoms with Crippen molar-refractivity contribution in [2.75, 3.05) is 4.90 Å². The highest BCUT2D eigenvalue weighted by Gasteiger charge is 2.49. The van der Waals surface area contributed by atoms with Gasteiger partial charge >= 0.3 is 0 Å². The van der Waals surface area contributed by atoms with Crippen LogP contribution in [0, 0.1) is 0 Å². The molecular formula is C104H83BN2OSi2. The number of nitrogens with zero attached hydrogens (tertiary/aromatic N) is 2. The Morgan fingerprint density at radius 2 is 0.627 bits per heavy atom. The van der Waals surface area contributed by atoms with Crippen LogP contribution in [0.5, 0.6) is 11.5 Å². The maximum atomic E-state index is 8.12. The van der Waals surface area contributed by atoms with Gasteiger partial charge in [0.2, 0.25) is 0 Å². The number of hydrogen-bond donors (Lipinski definition) is 0. The van der Waals surface area contributed by atoms with Crippen LogP contribution >= 0.6 is 0 Å². The normalized spacial score (nSPS) is 12.7. The van der Waals surface area contributed by atoms with E-state index in [1.165, 1.54) is 91.1 Å². The Bertz CT molecular complexity index is 6110. The van der Waals surface area contributed by atoms with Gasteiger partial charge in [-0.3, -0.25) is 0 Å². The molecule has 19 rings (SSSR count). The number of ether oxygens (including phenoxy) is 1. The fraction of sp³-hybridized carbons (Fsp3) is 0.0769. The molecule has 0 saturated heterocycles. The summed E-state index contributed by atoms with van der Waals surface area (Å²) in [6.45, 7) is 13.6. The van der Waals surface area contributed by atoms with Gasteiger partial charge in [-0.2, -0.15) is 0 Å². The molecular weight excluding hydrogens is 1360 g/mol. The fourth-order valence-corrected chi connectivity index (χ4v) is 27.6. The molecule has 0 unspecified atom stereocenters. The molecule has 17 aromatic rings. The predicted molar refractivity (Wildman–Crippen MR) is 473 cm³/mol. The topological polar surface area (TPSA) is 17.4 Å². The molecule has 3 nitrogen and oxygen atoms in total. The molecule has 0 spiro atoms. The zero-order valence-corrected chi connectivity index (χ0v) is 64.9. The van der Waals surface area contributed by atoms with Crippen molar-refractivity contribution < 1.29 is 4.74 Å². The Morgan fingerprint density at radius 3 is 1.06 bits per heavy atom. The third-order valence-electron chi connectivity index (χ3n) is 23.4. The fourth-order valence-electron chi connectivity index (χ4n) is 18.0. The lowest BCUT2D eigenvalue weighted by Gasteiger charge is -2.43. The molecule has 2 aliphatic rings. The Morgan fingerprint density at radius 1 is 0.255 bits per heavy atom. The maximum absolute atomic E-state index is 8.12. The minimum Gasteiger partial charge on any atom is -0.458 e. The lowest BCUT2D eigenvalue weighted by molar-refractivity contribution is 0.487. The Balaban J connectivity index is 0.956. The molecule has 0 amide bonds. The van der Waals surface area contributed by atoms with Gasteiger partial charge in [0.25, 0.3) is 6.71 Å². The summed E-state index contributed by atoms with van der Waals surface area (Å²) in [6.07, 6.45) is 0. The molecule has 0 saturated carbocycles. The van der Waals surface area contributed by atoms with E-state index in [4.69, 9.17) is 4.74 Å². The second kappa shape index (κ2) is 27.3. The summed E-state index contributed by atoms with van der Waals surface area (Å²) in [5, 5.41) is 12.7. The number of benzene rings is 16. The molecule has 0 bridgehead atoms. The van der Waals surface area contributed by atoms with Crippen LogP contribution in [0.1, 0.15) is 52.7 Å². The highest BCUT2D eigenvalue weighted by molar-refractivity contribution is 7.21. The minimum atomic E-state index is -3.47. The number of anilines is 3. The molecule has 0 atom stereocenters. The Kier molecular flexibility index (Phi) is 16.9. The SMILES string of the molecule is CC(C)(C)c1ccc2c(c1)c1cc(C(C)(C)C)ccc1n2-c1ccc2c(c1)Oc1cc([Si](c3ccccc3)(c3ccccc3)c3cccc(-c4ccccc4)c3)cc3c1B2c1ccc([Si](c2ccccc2)(c2ccccc2)c2cccc(-c4ccccc4)c2)cc1N3c1cc(-c2ccccc2)cc(-c2ccccc2)c1. The third-order valence-corrected chi connectivity index (χ3v) is 32.9. The van der Waals surface area contributed by atoms with E-state index in [0.717, 1.165) is 78.5 Å². The van der Waals surface area contributed by atoms with Gasteiger partial charge in [0.05, 0.1) is 11.0 Å². The molecule has 0 radical (unpaired) electrons. The first-order chi connectivity index (χ1) is 53.8. The quantitative estimate of drug-likeness (QED) is 0.0797. The molecule has 0 fully saturated rings. The molecule has 6 heteroatoms. The van der Waals surface area contributed by atoms with Crippen LogP contribution < -0.4 is 67.5 Å². The Labute approximate surface area is 648 Å². The van der Waals surface area contributed by atoms with E-state index in [1.54, 1.807) is 0 Å². The molecule has 0 N–H and O–H groups in total. The second-order valence-electron chi connectivity index (χ2n) is 31.9. The van der Waals surface area contributed by atoms with E-state index in [-0.39, 0.29) is 17.5 Å². The lowest BCUT2D eigenvalue weighted by atomic mass is 9.34. The zero-order chi connectivity index (χ0) is 74.3. The highest BCUT2D eigenvalue weighted by atomic mass is 28.3. The second-order valence-corrected chi connectivity index (χ2v) is 39.5. The van der Waals surface area contributed by atoms with Crippen molar-refractivity contribution in [3.63, 3.8) is 0 Å². The van der Waals surface area contributed by atoms with Gasteiger partial charge < -0.3 is 14.2 Å². The predicted octanol–water partition coefficient (Wildman–Crippen LogP) is 19.2. The van der Waals surface area contributed by atoms with Gasteiger partial charge in [-0.25, -0.2) is 0 Å². The van der Waals surface area contributed by atoms with Gasteiger partial charge in [-0.15, -0.1) is 0 Å². The molecule has 16 aromatic carbocycles. The summed E-state index contributed by atoms with van der Waals surface area (Å²) in [5.41, 5.74) is 21.8. The van der Waals surface area contributed by atoms with Gasteiger partial charge in [-0.1, -0.05) is 363 Å². The van der Waals surface area contributed by atoms with E-state index in [0.29, 0.717) is 0 Å². The maximum Gasteiger partial charge on any atom is 0.256 e. The lowest BCUT2D eigenvalue weighted by Crippen LogP contribution is -2.75. The van der Waals surface area contributed by atoms with Crippen molar-refractivity contribution in [2.45, 2.75) is 52.4 Å². The molecule has 0 aliphatic carbocycles. The van der Waals surface area contributed by atoms with Crippen LogP contribution in [-0.2, 0) is 10.8 Å². The zero-order valence-electron chi connectivity index (χ0n) is 62.9. The summed E-state index contributed by atoms with van der Waals surface area (Å²) < 4.78 is 10.6.